The number of nitrogens with two attached hydrogens (primary N) is 1. The lowest BCUT2D eigenvalue weighted by atomic mass is 10.2. The van der Waals surface area contributed by atoms with E-state index in [2.05, 4.69) is 5.16 Å². The Kier molecular flexibility index (Phi) is 3.97. The first-order valence-corrected chi connectivity index (χ1v) is 4.80. The van der Waals surface area contributed by atoms with Crippen LogP contribution in [0.1, 0.15) is 12.5 Å². The van der Waals surface area contributed by atoms with Crippen LogP contribution in [-0.2, 0) is 0 Å². The molecule has 0 heterocycles. The number of benzene rings is 1. The molecule has 0 radical (unpaired) electrons. The first-order valence-electron chi connectivity index (χ1n) is 4.80. The van der Waals surface area contributed by atoms with E-state index in [1.54, 1.807) is 0 Å². The molecule has 3 N–H and O–H groups in total. The number of nitrogens with zero attached hydrogens (tertiary/aromatic N) is 1. The second kappa shape index (κ2) is 5.24. The SMILES string of the molecule is Cc1ccc(OCC(C)/C(N)=N/O)cc1. The predicted molar refractivity (Wildman–Crippen MR) is 59.2 cm³/mol. The van der Waals surface area contributed by atoms with Crippen molar-refractivity contribution < 1.29 is 9.94 Å². The third-order valence-corrected chi connectivity index (χ3v) is 2.14. The van der Waals surface area contributed by atoms with Crippen molar-refractivity contribution in [1.29, 1.82) is 0 Å². The van der Waals surface area contributed by atoms with Crippen molar-refractivity contribution in [3.63, 3.8) is 0 Å². The van der Waals surface area contributed by atoms with Crippen LogP contribution in [-0.4, -0.2) is 17.6 Å². The van der Waals surface area contributed by atoms with Gasteiger partial charge < -0.3 is 15.7 Å². The summed E-state index contributed by atoms with van der Waals surface area (Å²) in [5, 5.41) is 11.4. The molecule has 15 heavy (non-hydrogen) atoms. The highest BCUT2D eigenvalue weighted by Crippen LogP contribution is 2.12. The zero-order valence-electron chi connectivity index (χ0n) is 8.97. The second-order valence-corrected chi connectivity index (χ2v) is 3.55. The van der Waals surface area contributed by atoms with Crippen LogP contribution in [0.4, 0.5) is 0 Å². The average Bonchev–Trinajstić information content (AvgIpc) is 2.26. The maximum absolute atomic E-state index is 8.45. The molecule has 0 amide bonds. The second-order valence-electron chi connectivity index (χ2n) is 3.55. The third kappa shape index (κ3) is 3.50. The lowest BCUT2D eigenvalue weighted by molar-refractivity contribution is 0.279. The Bertz CT molecular complexity index is 333. The van der Waals surface area contributed by atoms with Gasteiger partial charge in [0.05, 0.1) is 12.5 Å². The van der Waals surface area contributed by atoms with Crippen LogP contribution in [0.15, 0.2) is 29.4 Å². The van der Waals surface area contributed by atoms with E-state index in [1.165, 1.54) is 5.56 Å². The molecule has 0 aromatic heterocycles. The summed E-state index contributed by atoms with van der Waals surface area (Å²) in [5.41, 5.74) is 6.61. The number of oxime groups is 1. The topological polar surface area (TPSA) is 67.8 Å². The lowest BCUT2D eigenvalue weighted by Gasteiger charge is -2.11. The monoisotopic (exact) mass is 208 g/mol. The Morgan fingerprint density at radius 3 is 2.60 bits per heavy atom. The minimum absolute atomic E-state index is 0.101. The molecule has 1 aromatic rings. The van der Waals surface area contributed by atoms with Crippen LogP contribution in [0.25, 0.3) is 0 Å². The van der Waals surface area contributed by atoms with Gasteiger partial charge >= 0.3 is 0 Å². The van der Waals surface area contributed by atoms with Gasteiger partial charge in [0.15, 0.2) is 0 Å². The molecule has 0 aliphatic carbocycles. The molecular weight excluding hydrogens is 192 g/mol. The molecule has 0 aliphatic rings. The maximum atomic E-state index is 8.45. The standard InChI is InChI=1S/C11H16N2O2/c1-8-3-5-10(6-4-8)15-7-9(2)11(12)13-14/h3-6,9,14H,7H2,1-2H3,(H2,12,13). The van der Waals surface area contributed by atoms with Crippen molar-refractivity contribution in [1.82, 2.24) is 0 Å². The summed E-state index contributed by atoms with van der Waals surface area (Å²) in [4.78, 5) is 0. The van der Waals surface area contributed by atoms with Gasteiger partial charge in [-0.05, 0) is 19.1 Å². The van der Waals surface area contributed by atoms with E-state index in [4.69, 9.17) is 15.7 Å². The maximum Gasteiger partial charge on any atom is 0.145 e. The molecule has 1 rings (SSSR count). The highest BCUT2D eigenvalue weighted by molar-refractivity contribution is 5.81. The molecule has 0 spiro atoms. The van der Waals surface area contributed by atoms with Gasteiger partial charge in [0.1, 0.15) is 11.6 Å². The highest BCUT2D eigenvalue weighted by atomic mass is 16.5. The zero-order chi connectivity index (χ0) is 11.3. The van der Waals surface area contributed by atoms with Gasteiger partial charge in [0.2, 0.25) is 0 Å². The van der Waals surface area contributed by atoms with Crippen molar-refractivity contribution in [2.45, 2.75) is 13.8 Å². The fourth-order valence-corrected chi connectivity index (χ4v) is 1.04. The van der Waals surface area contributed by atoms with Gasteiger partial charge in [-0.2, -0.15) is 0 Å². The molecule has 0 aliphatic heterocycles. The van der Waals surface area contributed by atoms with Crippen LogP contribution in [0.2, 0.25) is 0 Å². The number of hydrogen-bond acceptors (Lipinski definition) is 3. The molecule has 0 fully saturated rings. The molecule has 4 heteroatoms. The van der Waals surface area contributed by atoms with Crippen LogP contribution in [0.3, 0.4) is 0 Å². The van der Waals surface area contributed by atoms with E-state index in [1.807, 2.05) is 38.1 Å². The normalized spacial score (nSPS) is 13.6. The Labute approximate surface area is 89.4 Å². The summed E-state index contributed by atoms with van der Waals surface area (Å²) in [6.07, 6.45) is 0. The first-order chi connectivity index (χ1) is 7.13. The number of hydrogen-bond donors (Lipinski definition) is 2. The largest absolute Gasteiger partial charge is 0.493 e. The van der Waals surface area contributed by atoms with Gasteiger partial charge in [-0.15, -0.1) is 0 Å². The Hall–Kier alpha value is -1.71. The third-order valence-electron chi connectivity index (χ3n) is 2.14. The molecule has 0 bridgehead atoms. The Morgan fingerprint density at radius 2 is 2.07 bits per heavy atom. The van der Waals surface area contributed by atoms with Gasteiger partial charge in [0, 0.05) is 0 Å². The van der Waals surface area contributed by atoms with Gasteiger partial charge in [-0.25, -0.2) is 0 Å². The van der Waals surface area contributed by atoms with E-state index in [-0.39, 0.29) is 11.8 Å². The molecule has 1 unspecified atom stereocenters. The summed E-state index contributed by atoms with van der Waals surface area (Å²) in [6, 6.07) is 7.75. The van der Waals surface area contributed by atoms with Crippen molar-refractivity contribution >= 4 is 5.84 Å². The van der Waals surface area contributed by atoms with Gasteiger partial charge in [0.25, 0.3) is 0 Å². The number of rotatable bonds is 4. The Morgan fingerprint density at radius 1 is 1.47 bits per heavy atom. The Balaban J connectivity index is 2.47. The van der Waals surface area contributed by atoms with Crippen LogP contribution < -0.4 is 10.5 Å². The van der Waals surface area contributed by atoms with Gasteiger partial charge in [-0.3, -0.25) is 0 Å². The van der Waals surface area contributed by atoms with E-state index >= 15 is 0 Å². The van der Waals surface area contributed by atoms with E-state index < -0.39 is 0 Å². The van der Waals surface area contributed by atoms with Crippen molar-refractivity contribution in [3.05, 3.63) is 29.8 Å². The average molecular weight is 208 g/mol. The van der Waals surface area contributed by atoms with E-state index in [0.29, 0.717) is 6.61 Å². The fourth-order valence-electron chi connectivity index (χ4n) is 1.04. The minimum Gasteiger partial charge on any atom is -0.493 e. The van der Waals surface area contributed by atoms with E-state index in [9.17, 15) is 0 Å². The molecule has 0 saturated carbocycles. The molecule has 0 saturated heterocycles. The summed E-state index contributed by atoms with van der Waals surface area (Å²) in [5.74, 6) is 0.872. The summed E-state index contributed by atoms with van der Waals surface area (Å²) in [7, 11) is 0. The lowest BCUT2D eigenvalue weighted by Crippen LogP contribution is -2.26. The van der Waals surface area contributed by atoms with E-state index in [0.717, 1.165) is 5.75 Å². The molecule has 1 aromatic carbocycles. The molecule has 1 atom stereocenters. The summed E-state index contributed by atoms with van der Waals surface area (Å²) < 4.78 is 5.47. The number of aryl methyl sites for hydroxylation is 1. The van der Waals surface area contributed by atoms with Crippen LogP contribution in [0.5, 0.6) is 5.75 Å². The molecular formula is C11H16N2O2. The quantitative estimate of drug-likeness (QED) is 0.343. The van der Waals surface area contributed by atoms with Crippen molar-refractivity contribution in [3.8, 4) is 5.75 Å². The minimum atomic E-state index is -0.101. The summed E-state index contributed by atoms with van der Waals surface area (Å²) in [6.45, 7) is 4.25. The van der Waals surface area contributed by atoms with Crippen LogP contribution >= 0.6 is 0 Å². The zero-order valence-corrected chi connectivity index (χ0v) is 8.97. The van der Waals surface area contributed by atoms with Crippen molar-refractivity contribution in [2.24, 2.45) is 16.8 Å². The summed E-state index contributed by atoms with van der Waals surface area (Å²) >= 11 is 0. The first kappa shape index (κ1) is 11.4. The fraction of sp³-hybridized carbons (Fsp3) is 0.364. The number of amidine groups is 1. The molecule has 4 nitrogen and oxygen atoms in total. The molecule has 82 valence electrons. The predicted octanol–water partition coefficient (Wildman–Crippen LogP) is 1.76. The smallest absolute Gasteiger partial charge is 0.145 e. The van der Waals surface area contributed by atoms with Crippen molar-refractivity contribution in [2.75, 3.05) is 6.61 Å². The van der Waals surface area contributed by atoms with Gasteiger partial charge in [-0.1, -0.05) is 29.8 Å². The highest BCUT2D eigenvalue weighted by Gasteiger charge is 2.08. The van der Waals surface area contributed by atoms with Crippen LogP contribution in [0, 0.1) is 12.8 Å². The number of ether oxygens (including phenoxy) is 1.